The van der Waals surface area contributed by atoms with Crippen molar-refractivity contribution in [2.24, 2.45) is 0 Å². The lowest BCUT2D eigenvalue weighted by atomic mass is 10.0. The number of esters is 1. The van der Waals surface area contributed by atoms with E-state index >= 15 is 0 Å². The van der Waals surface area contributed by atoms with E-state index in [0.29, 0.717) is 5.25 Å². The van der Waals surface area contributed by atoms with Crippen LogP contribution in [0.5, 0.6) is 0 Å². The first kappa shape index (κ1) is 10.8. The van der Waals surface area contributed by atoms with Crippen LogP contribution in [0.15, 0.2) is 23.3 Å². The maximum atomic E-state index is 11.5. The third-order valence-corrected chi connectivity index (χ3v) is 3.39. The number of hydrogen-bond acceptors (Lipinski definition) is 3. The van der Waals surface area contributed by atoms with Crippen LogP contribution in [0, 0.1) is 0 Å². The summed E-state index contributed by atoms with van der Waals surface area (Å²) in [6.07, 6.45) is 7.73. The van der Waals surface area contributed by atoms with Crippen molar-refractivity contribution in [2.45, 2.75) is 44.0 Å². The van der Waals surface area contributed by atoms with Crippen molar-refractivity contribution in [3.05, 3.63) is 23.3 Å². The Balaban J connectivity index is 2.15. The van der Waals surface area contributed by atoms with Crippen molar-refractivity contribution in [3.8, 4) is 0 Å². The number of hydrogen-bond donors (Lipinski definition) is 1. The van der Waals surface area contributed by atoms with Crippen LogP contribution < -0.4 is 0 Å². The average molecular weight is 224 g/mol. The second-order valence-corrected chi connectivity index (χ2v) is 5.05. The van der Waals surface area contributed by atoms with Gasteiger partial charge < -0.3 is 4.74 Å². The summed E-state index contributed by atoms with van der Waals surface area (Å²) in [5, 5.41) is 0.353. The highest BCUT2D eigenvalue weighted by atomic mass is 32.1. The van der Waals surface area contributed by atoms with Crippen LogP contribution in [-0.4, -0.2) is 17.3 Å². The first-order valence-electron chi connectivity index (χ1n) is 5.40. The van der Waals surface area contributed by atoms with E-state index in [2.05, 4.69) is 25.6 Å². The zero-order valence-corrected chi connectivity index (χ0v) is 9.80. The van der Waals surface area contributed by atoms with Crippen LogP contribution >= 0.6 is 12.6 Å². The van der Waals surface area contributed by atoms with Crippen LogP contribution in [-0.2, 0) is 9.53 Å². The van der Waals surface area contributed by atoms with Gasteiger partial charge in [0.25, 0.3) is 0 Å². The summed E-state index contributed by atoms with van der Waals surface area (Å²) >= 11 is 4.50. The molecule has 2 bridgehead atoms. The van der Waals surface area contributed by atoms with Crippen molar-refractivity contribution >= 4 is 18.6 Å². The fourth-order valence-corrected chi connectivity index (χ4v) is 2.24. The highest BCUT2D eigenvalue weighted by Crippen LogP contribution is 2.26. The molecule has 0 saturated carbocycles. The predicted molar refractivity (Wildman–Crippen MR) is 63.0 cm³/mol. The van der Waals surface area contributed by atoms with Gasteiger partial charge in [-0.2, -0.15) is 12.6 Å². The number of fused-ring (bicyclic) bond motifs is 1. The molecular weight excluding hydrogens is 208 g/mol. The predicted octanol–water partition coefficient (Wildman–Crippen LogP) is 2.66. The van der Waals surface area contributed by atoms with Gasteiger partial charge in [0, 0.05) is 17.2 Å². The van der Waals surface area contributed by atoms with Gasteiger partial charge in [-0.15, -0.1) is 0 Å². The lowest BCUT2D eigenvalue weighted by Gasteiger charge is -2.10. The number of thiol groups is 1. The van der Waals surface area contributed by atoms with Crippen LogP contribution in [0.25, 0.3) is 0 Å². The molecule has 0 aromatic carbocycles. The molecule has 0 spiro atoms. The van der Waals surface area contributed by atoms with Crippen molar-refractivity contribution in [1.82, 2.24) is 0 Å². The molecule has 2 rings (SSSR count). The average Bonchev–Trinajstić information content (AvgIpc) is 2.51. The molecule has 2 atom stereocenters. The molecule has 0 radical (unpaired) electrons. The second-order valence-electron chi connectivity index (χ2n) is 4.32. The molecule has 0 aromatic rings. The van der Waals surface area contributed by atoms with Crippen LogP contribution in [0.4, 0.5) is 0 Å². The zero-order chi connectivity index (χ0) is 10.8. The van der Waals surface area contributed by atoms with Gasteiger partial charge in [-0.1, -0.05) is 11.6 Å². The van der Waals surface area contributed by atoms with Gasteiger partial charge in [0.2, 0.25) is 0 Å². The molecule has 0 saturated heterocycles. The van der Waals surface area contributed by atoms with Gasteiger partial charge in [-0.25, -0.2) is 4.79 Å². The maximum Gasteiger partial charge on any atom is 0.334 e. The fraction of sp³-hybridized carbons (Fsp3) is 0.583. The molecule has 1 aliphatic heterocycles. The van der Waals surface area contributed by atoms with E-state index < -0.39 is 0 Å². The molecule has 0 unspecified atom stereocenters. The second kappa shape index (κ2) is 4.44. The Morgan fingerprint density at radius 2 is 2.33 bits per heavy atom. The molecule has 2 nitrogen and oxygen atoms in total. The Labute approximate surface area is 95.8 Å². The van der Waals surface area contributed by atoms with E-state index in [1.807, 2.05) is 6.08 Å². The van der Waals surface area contributed by atoms with Gasteiger partial charge in [0.15, 0.2) is 0 Å². The van der Waals surface area contributed by atoms with E-state index in [9.17, 15) is 4.79 Å². The Hall–Kier alpha value is -0.700. The van der Waals surface area contributed by atoms with E-state index in [-0.39, 0.29) is 12.1 Å². The van der Waals surface area contributed by atoms with Gasteiger partial charge in [-0.3, -0.25) is 0 Å². The number of rotatable bonds is 0. The minimum absolute atomic E-state index is 0.0276. The summed E-state index contributed by atoms with van der Waals surface area (Å²) in [5.74, 6) is -0.129. The minimum Gasteiger partial charge on any atom is -0.454 e. The molecule has 0 fully saturated rings. The standard InChI is InChI=1S/C12H16O2S/c1-8-2-4-11(15)5-3-9-7-10(6-8)14-12(9)13/h2,7,10-11,15H,3-6H2,1H3/b8-2+/t10-,11+/m1/s1. The molecule has 0 N–H and O–H groups in total. The van der Waals surface area contributed by atoms with Gasteiger partial charge in [0.05, 0.1) is 0 Å². The normalized spacial score (nSPS) is 35.2. The molecule has 82 valence electrons. The maximum absolute atomic E-state index is 11.5. The largest absolute Gasteiger partial charge is 0.454 e. The Morgan fingerprint density at radius 3 is 3.13 bits per heavy atom. The number of carbonyl (C=O) groups is 1. The lowest BCUT2D eigenvalue weighted by Crippen LogP contribution is -2.08. The molecule has 1 heterocycles. The fourth-order valence-electron chi connectivity index (χ4n) is 2.00. The topological polar surface area (TPSA) is 26.3 Å². The highest BCUT2D eigenvalue weighted by molar-refractivity contribution is 7.80. The highest BCUT2D eigenvalue weighted by Gasteiger charge is 2.26. The van der Waals surface area contributed by atoms with Crippen LogP contribution in [0.2, 0.25) is 0 Å². The Bertz CT molecular complexity index is 331. The summed E-state index contributed by atoms with van der Waals surface area (Å²) < 4.78 is 5.26. The van der Waals surface area contributed by atoms with Crippen molar-refractivity contribution < 1.29 is 9.53 Å². The van der Waals surface area contributed by atoms with E-state index in [0.717, 1.165) is 31.3 Å². The minimum atomic E-state index is -0.129. The summed E-state index contributed by atoms with van der Waals surface area (Å²) in [5.41, 5.74) is 2.12. The Kier molecular flexibility index (Phi) is 3.19. The van der Waals surface area contributed by atoms with Gasteiger partial charge in [-0.05, 0) is 32.3 Å². The molecule has 1 aliphatic carbocycles. The third kappa shape index (κ3) is 2.65. The van der Waals surface area contributed by atoms with Crippen LogP contribution in [0.3, 0.4) is 0 Å². The SMILES string of the molecule is C/C1=C\C[C@H](S)CCC2=C[C@@H](C1)OC2=O. The Morgan fingerprint density at radius 1 is 1.53 bits per heavy atom. The molecule has 0 amide bonds. The summed E-state index contributed by atoms with van der Waals surface area (Å²) in [7, 11) is 0. The monoisotopic (exact) mass is 224 g/mol. The van der Waals surface area contributed by atoms with E-state index in [4.69, 9.17) is 4.74 Å². The third-order valence-electron chi connectivity index (χ3n) is 2.92. The van der Waals surface area contributed by atoms with E-state index in [1.165, 1.54) is 5.57 Å². The first-order chi connectivity index (χ1) is 7.15. The number of carbonyl (C=O) groups excluding carboxylic acids is 1. The van der Waals surface area contributed by atoms with E-state index in [1.54, 1.807) is 0 Å². The van der Waals surface area contributed by atoms with Crippen molar-refractivity contribution in [1.29, 1.82) is 0 Å². The molecular formula is C12H16O2S. The summed E-state index contributed by atoms with van der Waals surface area (Å²) in [4.78, 5) is 11.5. The number of allylic oxidation sites excluding steroid dienone is 1. The zero-order valence-electron chi connectivity index (χ0n) is 8.90. The van der Waals surface area contributed by atoms with Crippen molar-refractivity contribution in [2.75, 3.05) is 0 Å². The van der Waals surface area contributed by atoms with Crippen molar-refractivity contribution in [3.63, 3.8) is 0 Å². The first-order valence-corrected chi connectivity index (χ1v) is 5.92. The number of ether oxygens (including phenoxy) is 1. The molecule has 0 aromatic heterocycles. The molecule has 3 heteroatoms. The quantitative estimate of drug-likeness (QED) is 0.389. The molecule has 2 aliphatic rings. The smallest absolute Gasteiger partial charge is 0.334 e. The lowest BCUT2D eigenvalue weighted by molar-refractivity contribution is -0.139. The van der Waals surface area contributed by atoms with Gasteiger partial charge >= 0.3 is 5.97 Å². The van der Waals surface area contributed by atoms with Gasteiger partial charge in [0.1, 0.15) is 6.10 Å². The summed E-state index contributed by atoms with van der Waals surface area (Å²) in [6.45, 7) is 2.09. The summed E-state index contributed by atoms with van der Waals surface area (Å²) in [6, 6.07) is 0. The van der Waals surface area contributed by atoms with Crippen LogP contribution in [0.1, 0.15) is 32.6 Å². The molecule has 15 heavy (non-hydrogen) atoms.